The highest BCUT2D eigenvalue weighted by molar-refractivity contribution is 6.33. The van der Waals surface area contributed by atoms with Crippen molar-refractivity contribution in [1.82, 2.24) is 15.1 Å². The molecule has 0 spiro atoms. The number of nitrogen functional groups attached to an aromatic ring is 1. The Bertz CT molecular complexity index is 871. The minimum absolute atomic E-state index is 0.115. The number of likely N-dealkylation sites (tertiary alicyclic amines) is 2. The molecule has 0 saturated carbocycles. The quantitative estimate of drug-likeness (QED) is 0.544. The predicted octanol–water partition coefficient (Wildman–Crippen LogP) is 1.72. The average Bonchev–Trinajstić information content (AvgIpc) is 2.81. The van der Waals surface area contributed by atoms with E-state index in [9.17, 15) is 14.4 Å². The lowest BCUT2D eigenvalue weighted by Gasteiger charge is -2.38. The largest absolute Gasteiger partial charge is 0.496 e. The Morgan fingerprint density at radius 2 is 1.94 bits per heavy atom. The Labute approximate surface area is 199 Å². The average molecular weight is 481 g/mol. The third kappa shape index (κ3) is 6.59. The molecule has 33 heavy (non-hydrogen) atoms. The molecule has 1 aromatic carbocycles. The van der Waals surface area contributed by atoms with Crippen molar-refractivity contribution in [2.24, 2.45) is 0 Å². The molecular formula is C23H33ClN4O5. The van der Waals surface area contributed by atoms with Gasteiger partial charge in [0.05, 0.1) is 35.5 Å². The van der Waals surface area contributed by atoms with Crippen LogP contribution in [0.2, 0.25) is 5.02 Å². The lowest BCUT2D eigenvalue weighted by Crippen LogP contribution is -2.55. The molecule has 0 bridgehead atoms. The van der Waals surface area contributed by atoms with E-state index < -0.39 is 0 Å². The zero-order valence-electron chi connectivity index (χ0n) is 19.3. The van der Waals surface area contributed by atoms with E-state index in [1.54, 1.807) is 12.0 Å². The van der Waals surface area contributed by atoms with Gasteiger partial charge in [0.15, 0.2) is 0 Å². The molecule has 2 aliphatic heterocycles. The molecule has 0 aliphatic carbocycles. The van der Waals surface area contributed by atoms with Crippen molar-refractivity contribution >= 4 is 34.9 Å². The molecule has 0 aromatic heterocycles. The summed E-state index contributed by atoms with van der Waals surface area (Å²) in [6.45, 7) is 3.31. The first-order chi connectivity index (χ1) is 15.8. The second-order valence-electron chi connectivity index (χ2n) is 8.54. The van der Waals surface area contributed by atoms with E-state index in [2.05, 4.69) is 10.2 Å². The third-order valence-electron chi connectivity index (χ3n) is 6.36. The number of nitrogens with two attached hydrogens (primary N) is 1. The molecule has 0 unspecified atom stereocenters. The van der Waals surface area contributed by atoms with E-state index in [0.717, 1.165) is 25.9 Å². The van der Waals surface area contributed by atoms with Crippen molar-refractivity contribution in [3.05, 3.63) is 22.7 Å². The maximum absolute atomic E-state index is 12.9. The summed E-state index contributed by atoms with van der Waals surface area (Å²) in [5, 5.41) is 3.34. The maximum atomic E-state index is 12.9. The monoisotopic (exact) mass is 480 g/mol. The highest BCUT2D eigenvalue weighted by Gasteiger charge is 2.31. The Balaban J connectivity index is 1.48. The molecule has 3 rings (SSSR count). The first-order valence-corrected chi connectivity index (χ1v) is 11.7. The number of carbonyl (C=O) groups excluding carboxylic acids is 3. The number of carbonyl (C=O) groups is 3. The number of hydrogen-bond donors (Lipinski definition) is 2. The van der Waals surface area contributed by atoms with Crippen LogP contribution in [0.1, 0.15) is 42.5 Å². The molecule has 2 aliphatic rings. The van der Waals surface area contributed by atoms with E-state index in [0.29, 0.717) is 60.9 Å². The summed E-state index contributed by atoms with van der Waals surface area (Å²) in [6, 6.07) is 2.89. The van der Waals surface area contributed by atoms with Gasteiger partial charge in [0.2, 0.25) is 5.91 Å². The second-order valence-corrected chi connectivity index (χ2v) is 8.95. The smallest absolute Gasteiger partial charge is 0.255 e. The van der Waals surface area contributed by atoms with Gasteiger partial charge in [-0.05, 0) is 25.5 Å². The number of nitrogens with one attached hydrogen (secondary N) is 1. The highest BCUT2D eigenvalue weighted by atomic mass is 35.5. The Hall–Kier alpha value is -2.36. The number of ether oxygens (including phenoxy) is 2. The van der Waals surface area contributed by atoms with Gasteiger partial charge < -0.3 is 30.3 Å². The van der Waals surface area contributed by atoms with Crippen LogP contribution in [0.5, 0.6) is 5.75 Å². The van der Waals surface area contributed by atoms with Gasteiger partial charge in [-0.1, -0.05) is 11.6 Å². The number of anilines is 1. The number of Topliss-reactive ketones (excluding diaryl/α,β-unsaturated/α-hetero) is 1. The molecule has 2 atom stereocenters. The third-order valence-corrected chi connectivity index (χ3v) is 6.69. The summed E-state index contributed by atoms with van der Waals surface area (Å²) in [4.78, 5) is 40.7. The summed E-state index contributed by atoms with van der Waals surface area (Å²) in [6.07, 6.45) is 2.70. The Morgan fingerprint density at radius 3 is 2.61 bits per heavy atom. The standard InChI is InChI=1S/C23H33ClN4O5/c1-32-20-13-18(25)17(24)12-16(20)23(31)26-19-7-9-27(14-21(19)33-2)8-3-4-22(30)28-10-5-15(29)6-11-28/h12-13,19,21H,3-11,14,25H2,1-2H3,(H,26,31)/t19-,21+/m1/s1. The van der Waals surface area contributed by atoms with Crippen LogP contribution < -0.4 is 15.8 Å². The van der Waals surface area contributed by atoms with E-state index >= 15 is 0 Å². The van der Waals surface area contributed by atoms with E-state index in [1.165, 1.54) is 19.2 Å². The number of rotatable bonds is 8. The molecule has 2 amide bonds. The van der Waals surface area contributed by atoms with Crippen LogP contribution in [0.4, 0.5) is 5.69 Å². The van der Waals surface area contributed by atoms with Gasteiger partial charge >= 0.3 is 0 Å². The van der Waals surface area contributed by atoms with Crippen LogP contribution in [0.3, 0.4) is 0 Å². The topological polar surface area (TPSA) is 114 Å². The van der Waals surface area contributed by atoms with Gasteiger partial charge in [-0.15, -0.1) is 0 Å². The number of benzene rings is 1. The molecule has 1 aromatic rings. The van der Waals surface area contributed by atoms with E-state index in [-0.39, 0.29) is 29.7 Å². The fourth-order valence-corrected chi connectivity index (χ4v) is 4.53. The summed E-state index contributed by atoms with van der Waals surface area (Å²) in [5.74, 6) is 0.421. The number of nitrogens with zero attached hydrogens (tertiary/aromatic N) is 2. The molecule has 9 nitrogen and oxygen atoms in total. The van der Waals surface area contributed by atoms with Crippen LogP contribution in [0, 0.1) is 0 Å². The van der Waals surface area contributed by atoms with Crippen LogP contribution in [0.25, 0.3) is 0 Å². The summed E-state index contributed by atoms with van der Waals surface area (Å²) in [5.41, 5.74) is 6.48. The van der Waals surface area contributed by atoms with Gasteiger partial charge in [-0.25, -0.2) is 0 Å². The Kier molecular flexibility index (Phi) is 8.94. The number of halogens is 1. The molecule has 0 radical (unpaired) electrons. The molecule has 2 fully saturated rings. The SMILES string of the molecule is COc1cc(N)c(Cl)cc1C(=O)N[C@@H]1CCN(CCCC(=O)N2CCC(=O)CC2)C[C@@H]1OC. The lowest BCUT2D eigenvalue weighted by molar-refractivity contribution is -0.134. The number of methoxy groups -OCH3 is 2. The first-order valence-electron chi connectivity index (χ1n) is 11.3. The number of amides is 2. The number of hydrogen-bond acceptors (Lipinski definition) is 7. The minimum Gasteiger partial charge on any atom is -0.496 e. The first kappa shape index (κ1) is 25.3. The van der Waals surface area contributed by atoms with Gasteiger partial charge in [0.1, 0.15) is 11.5 Å². The van der Waals surface area contributed by atoms with Crippen molar-refractivity contribution in [3.8, 4) is 5.75 Å². The number of piperidine rings is 2. The predicted molar refractivity (Wildman–Crippen MR) is 126 cm³/mol. The van der Waals surface area contributed by atoms with Crippen molar-refractivity contribution < 1.29 is 23.9 Å². The number of ketones is 1. The van der Waals surface area contributed by atoms with Crippen LogP contribution in [-0.2, 0) is 14.3 Å². The van der Waals surface area contributed by atoms with Crippen molar-refractivity contribution in [3.63, 3.8) is 0 Å². The summed E-state index contributed by atoms with van der Waals surface area (Å²) < 4.78 is 10.9. The van der Waals surface area contributed by atoms with Crippen molar-refractivity contribution in [2.75, 3.05) is 52.7 Å². The molecular weight excluding hydrogens is 448 g/mol. The van der Waals surface area contributed by atoms with Gasteiger partial charge in [-0.3, -0.25) is 14.4 Å². The second kappa shape index (κ2) is 11.7. The van der Waals surface area contributed by atoms with Crippen LogP contribution in [0.15, 0.2) is 12.1 Å². The van der Waals surface area contributed by atoms with Crippen LogP contribution >= 0.6 is 11.6 Å². The van der Waals surface area contributed by atoms with Gasteiger partial charge in [0, 0.05) is 58.6 Å². The fourth-order valence-electron chi connectivity index (χ4n) is 4.37. The molecule has 2 saturated heterocycles. The van der Waals surface area contributed by atoms with Gasteiger partial charge in [0.25, 0.3) is 5.91 Å². The summed E-state index contributed by atoms with van der Waals surface area (Å²) in [7, 11) is 3.11. The van der Waals surface area contributed by atoms with E-state index in [1.807, 2.05) is 0 Å². The van der Waals surface area contributed by atoms with Crippen LogP contribution in [-0.4, -0.2) is 86.5 Å². The lowest BCUT2D eigenvalue weighted by atomic mass is 10.00. The molecule has 3 N–H and O–H groups in total. The van der Waals surface area contributed by atoms with Crippen molar-refractivity contribution in [2.45, 2.75) is 44.2 Å². The minimum atomic E-state index is -0.292. The zero-order valence-corrected chi connectivity index (χ0v) is 20.0. The van der Waals surface area contributed by atoms with Gasteiger partial charge in [-0.2, -0.15) is 0 Å². The normalized spacial score (nSPS) is 21.7. The Morgan fingerprint density at radius 1 is 1.21 bits per heavy atom. The molecule has 182 valence electrons. The van der Waals surface area contributed by atoms with Crippen molar-refractivity contribution in [1.29, 1.82) is 0 Å². The fraction of sp³-hybridized carbons (Fsp3) is 0.609. The zero-order chi connectivity index (χ0) is 24.0. The molecule has 2 heterocycles. The summed E-state index contributed by atoms with van der Waals surface area (Å²) >= 11 is 6.10. The highest BCUT2D eigenvalue weighted by Crippen LogP contribution is 2.29. The van der Waals surface area contributed by atoms with E-state index in [4.69, 9.17) is 26.8 Å². The molecule has 10 heteroatoms. The maximum Gasteiger partial charge on any atom is 0.255 e.